The van der Waals surface area contributed by atoms with E-state index in [4.69, 9.17) is 5.11 Å². The summed E-state index contributed by atoms with van der Waals surface area (Å²) in [5.74, 6) is 0.520. The molecule has 1 aliphatic heterocycles. The molecule has 0 radical (unpaired) electrons. The van der Waals surface area contributed by atoms with Crippen LogP contribution in [0.4, 0.5) is 0 Å². The Morgan fingerprint density at radius 3 is 2.30 bits per heavy atom. The van der Waals surface area contributed by atoms with E-state index in [2.05, 4.69) is 48.7 Å². The zero-order chi connectivity index (χ0) is 15.0. The molecule has 1 N–H and O–H groups in total. The Morgan fingerprint density at radius 2 is 1.80 bits per heavy atom. The number of hydrogen-bond donors (Lipinski definition) is 1. The predicted molar refractivity (Wildman–Crippen MR) is 86.3 cm³/mol. The summed E-state index contributed by atoms with van der Waals surface area (Å²) in [6, 6.07) is 0. The first-order valence-electron chi connectivity index (χ1n) is 7.84. The summed E-state index contributed by atoms with van der Waals surface area (Å²) in [7, 11) is 0. The SMILES string of the molecule is CC/C(=C\N=C(C)C(C)C)CN1CCN(CCO)CC1. The van der Waals surface area contributed by atoms with Gasteiger partial charge in [-0.15, -0.1) is 0 Å². The van der Waals surface area contributed by atoms with Crippen molar-refractivity contribution in [3.8, 4) is 0 Å². The highest BCUT2D eigenvalue weighted by atomic mass is 16.3. The van der Waals surface area contributed by atoms with Crippen LogP contribution < -0.4 is 0 Å². The minimum atomic E-state index is 0.267. The second-order valence-corrected chi connectivity index (χ2v) is 5.91. The molecule has 1 fully saturated rings. The zero-order valence-corrected chi connectivity index (χ0v) is 13.6. The maximum absolute atomic E-state index is 8.96. The summed E-state index contributed by atoms with van der Waals surface area (Å²) in [6.07, 6.45) is 3.13. The van der Waals surface area contributed by atoms with E-state index in [1.165, 1.54) is 11.3 Å². The van der Waals surface area contributed by atoms with Gasteiger partial charge in [-0.05, 0) is 24.8 Å². The number of nitrogens with zero attached hydrogens (tertiary/aromatic N) is 3. The van der Waals surface area contributed by atoms with Crippen LogP contribution >= 0.6 is 0 Å². The molecule has 1 heterocycles. The summed E-state index contributed by atoms with van der Waals surface area (Å²) >= 11 is 0. The molecule has 116 valence electrons. The molecule has 0 aromatic rings. The van der Waals surface area contributed by atoms with Gasteiger partial charge in [-0.3, -0.25) is 14.8 Å². The third-order valence-electron chi connectivity index (χ3n) is 4.05. The molecule has 4 heteroatoms. The summed E-state index contributed by atoms with van der Waals surface area (Å²) in [5.41, 5.74) is 2.60. The highest BCUT2D eigenvalue weighted by Gasteiger charge is 2.16. The van der Waals surface area contributed by atoms with E-state index in [0.717, 1.165) is 45.7 Å². The first-order valence-corrected chi connectivity index (χ1v) is 7.84. The summed E-state index contributed by atoms with van der Waals surface area (Å²) in [4.78, 5) is 9.40. The largest absolute Gasteiger partial charge is 0.395 e. The van der Waals surface area contributed by atoms with E-state index in [9.17, 15) is 0 Å². The molecule has 1 rings (SSSR count). The van der Waals surface area contributed by atoms with Crippen LogP contribution in [0, 0.1) is 5.92 Å². The smallest absolute Gasteiger partial charge is 0.0558 e. The van der Waals surface area contributed by atoms with E-state index >= 15 is 0 Å². The fraction of sp³-hybridized carbons (Fsp3) is 0.812. The minimum Gasteiger partial charge on any atom is -0.395 e. The van der Waals surface area contributed by atoms with Gasteiger partial charge in [0.15, 0.2) is 0 Å². The number of hydrogen-bond acceptors (Lipinski definition) is 4. The maximum Gasteiger partial charge on any atom is 0.0558 e. The summed E-state index contributed by atoms with van der Waals surface area (Å²) in [6.45, 7) is 15.1. The van der Waals surface area contributed by atoms with Crippen molar-refractivity contribution >= 4 is 5.71 Å². The highest BCUT2D eigenvalue weighted by Crippen LogP contribution is 2.09. The second-order valence-electron chi connectivity index (χ2n) is 5.91. The number of piperazine rings is 1. The molecule has 0 unspecified atom stereocenters. The lowest BCUT2D eigenvalue weighted by Gasteiger charge is -2.34. The van der Waals surface area contributed by atoms with Crippen LogP contribution in [0.3, 0.4) is 0 Å². The van der Waals surface area contributed by atoms with Crippen molar-refractivity contribution in [2.45, 2.75) is 34.1 Å². The summed E-state index contributed by atoms with van der Waals surface area (Å²) < 4.78 is 0. The maximum atomic E-state index is 8.96. The third kappa shape index (κ3) is 6.16. The van der Waals surface area contributed by atoms with Gasteiger partial charge in [-0.2, -0.15) is 0 Å². The molecule has 0 bridgehead atoms. The van der Waals surface area contributed by atoms with E-state index in [1.807, 2.05) is 0 Å². The molecule has 0 saturated carbocycles. The molecular weight excluding hydrogens is 250 g/mol. The quantitative estimate of drug-likeness (QED) is 0.726. The van der Waals surface area contributed by atoms with Gasteiger partial charge < -0.3 is 5.11 Å². The Labute approximate surface area is 124 Å². The Hall–Kier alpha value is -0.710. The standard InChI is InChI=1S/C16H31N3O/c1-5-16(12-17-15(4)14(2)3)13-19-8-6-18(7-9-19)10-11-20/h12,14,20H,5-11,13H2,1-4H3/b16-12+,17-15?. The molecule has 0 aromatic heterocycles. The molecule has 20 heavy (non-hydrogen) atoms. The molecule has 1 saturated heterocycles. The molecule has 0 aromatic carbocycles. The second kappa shape index (κ2) is 9.27. The van der Waals surface area contributed by atoms with Gasteiger partial charge in [0.1, 0.15) is 0 Å². The van der Waals surface area contributed by atoms with Gasteiger partial charge in [-0.25, -0.2) is 0 Å². The van der Waals surface area contributed by atoms with Crippen LogP contribution in [0.25, 0.3) is 0 Å². The Kier molecular flexibility index (Phi) is 8.04. The average molecular weight is 281 g/mol. The van der Waals surface area contributed by atoms with E-state index in [-0.39, 0.29) is 6.61 Å². The molecule has 4 nitrogen and oxygen atoms in total. The van der Waals surface area contributed by atoms with Gasteiger partial charge in [0.05, 0.1) is 6.61 Å². The van der Waals surface area contributed by atoms with Crippen molar-refractivity contribution in [2.75, 3.05) is 45.9 Å². The lowest BCUT2D eigenvalue weighted by atomic mass is 10.1. The van der Waals surface area contributed by atoms with Crippen molar-refractivity contribution in [1.29, 1.82) is 0 Å². The minimum absolute atomic E-state index is 0.267. The zero-order valence-electron chi connectivity index (χ0n) is 13.6. The molecule has 0 spiro atoms. The molecule has 1 aliphatic rings. The molecular formula is C16H31N3O. The number of aliphatic hydroxyl groups excluding tert-OH is 1. The van der Waals surface area contributed by atoms with Crippen LogP contribution in [0.1, 0.15) is 34.1 Å². The number of aliphatic hydroxyl groups is 1. The van der Waals surface area contributed by atoms with Crippen molar-refractivity contribution in [3.63, 3.8) is 0 Å². The van der Waals surface area contributed by atoms with E-state index < -0.39 is 0 Å². The Balaban J connectivity index is 2.46. The predicted octanol–water partition coefficient (Wildman–Crippen LogP) is 2.01. The van der Waals surface area contributed by atoms with Gasteiger partial charge in [0.25, 0.3) is 0 Å². The Morgan fingerprint density at radius 1 is 1.20 bits per heavy atom. The number of rotatable bonds is 7. The molecule has 0 atom stereocenters. The lowest BCUT2D eigenvalue weighted by Crippen LogP contribution is -2.47. The van der Waals surface area contributed by atoms with Crippen LogP contribution in [0.2, 0.25) is 0 Å². The third-order valence-corrected chi connectivity index (χ3v) is 4.05. The average Bonchev–Trinajstić information content (AvgIpc) is 2.45. The molecule has 0 aliphatic carbocycles. The fourth-order valence-corrected chi connectivity index (χ4v) is 2.19. The van der Waals surface area contributed by atoms with Gasteiger partial charge >= 0.3 is 0 Å². The van der Waals surface area contributed by atoms with Crippen molar-refractivity contribution in [1.82, 2.24) is 9.80 Å². The van der Waals surface area contributed by atoms with Gasteiger partial charge in [0.2, 0.25) is 0 Å². The summed E-state index contributed by atoms with van der Waals surface area (Å²) in [5, 5.41) is 8.96. The Bertz CT molecular complexity index is 329. The first kappa shape index (κ1) is 17.3. The fourth-order valence-electron chi connectivity index (χ4n) is 2.19. The van der Waals surface area contributed by atoms with Crippen LogP contribution in [0.15, 0.2) is 16.8 Å². The van der Waals surface area contributed by atoms with E-state index in [0.29, 0.717) is 5.92 Å². The van der Waals surface area contributed by atoms with Crippen LogP contribution in [-0.4, -0.2) is 66.5 Å². The number of aliphatic imine (C=N–C) groups is 1. The first-order chi connectivity index (χ1) is 9.56. The highest BCUT2D eigenvalue weighted by molar-refractivity contribution is 5.84. The van der Waals surface area contributed by atoms with Crippen molar-refractivity contribution in [2.24, 2.45) is 10.9 Å². The van der Waals surface area contributed by atoms with E-state index in [1.54, 1.807) is 0 Å². The lowest BCUT2D eigenvalue weighted by molar-refractivity contribution is 0.118. The van der Waals surface area contributed by atoms with Crippen molar-refractivity contribution in [3.05, 3.63) is 11.8 Å². The normalized spacial score (nSPS) is 19.9. The van der Waals surface area contributed by atoms with Crippen LogP contribution in [-0.2, 0) is 0 Å². The van der Waals surface area contributed by atoms with Gasteiger partial charge in [-0.1, -0.05) is 20.8 Å². The van der Waals surface area contributed by atoms with Crippen LogP contribution in [0.5, 0.6) is 0 Å². The van der Waals surface area contributed by atoms with Crippen molar-refractivity contribution < 1.29 is 5.11 Å². The topological polar surface area (TPSA) is 39.1 Å². The number of β-amino-alcohol motifs (C(OH)–C–C–N with tert-alkyl or cyclic N) is 1. The molecule has 0 amide bonds. The van der Waals surface area contributed by atoms with Gasteiger partial charge in [0, 0.05) is 51.2 Å². The monoisotopic (exact) mass is 281 g/mol.